The molecule has 3 aromatic heterocycles. The molecule has 8 amide bonds. The lowest BCUT2D eigenvalue weighted by atomic mass is 10.0. The number of hydrogen-bond donors (Lipinski definition) is 6. The number of pyridine rings is 1. The molecule has 0 radical (unpaired) electrons. The number of primary amides is 2. The van der Waals surface area contributed by atoms with Gasteiger partial charge in [0.2, 0.25) is 17.7 Å². The van der Waals surface area contributed by atoms with Gasteiger partial charge in [-0.25, -0.2) is 14.6 Å². The molecule has 1 unspecified atom stereocenters. The van der Waals surface area contributed by atoms with E-state index in [1.165, 1.54) is 65.6 Å². The number of nitrogens with zero attached hydrogens (tertiary/aromatic N) is 5. The zero-order chi connectivity index (χ0) is 51.5. The summed E-state index contributed by atoms with van der Waals surface area (Å²) in [7, 11) is 0. The van der Waals surface area contributed by atoms with E-state index in [0.29, 0.717) is 18.9 Å². The van der Waals surface area contributed by atoms with Crippen LogP contribution in [-0.4, -0.2) is 137 Å². The van der Waals surface area contributed by atoms with Crippen molar-refractivity contribution in [2.45, 2.75) is 44.3 Å². The molecule has 26 heteroatoms. The number of anilines is 1. The number of benzene rings is 2. The minimum Gasteiger partial charge on any atom is -0.483 e. The molecule has 23 nitrogen and oxygen atoms in total. The summed E-state index contributed by atoms with van der Waals surface area (Å²) in [6.07, 6.45) is 1.06. The van der Waals surface area contributed by atoms with Gasteiger partial charge in [-0.05, 0) is 68.1 Å². The van der Waals surface area contributed by atoms with Gasteiger partial charge in [0.15, 0.2) is 18.0 Å². The second-order valence-corrected chi connectivity index (χ2v) is 16.0. The van der Waals surface area contributed by atoms with Crippen LogP contribution in [0.5, 0.6) is 5.75 Å². The van der Waals surface area contributed by atoms with Crippen LogP contribution in [0, 0.1) is 0 Å². The summed E-state index contributed by atoms with van der Waals surface area (Å²) >= 11 is 0. The van der Waals surface area contributed by atoms with Crippen molar-refractivity contribution in [3.63, 3.8) is 0 Å². The molecule has 378 valence electrons. The number of nitrogens with one attached hydrogen (secondary N) is 4. The predicted octanol–water partition coefficient (Wildman–Crippen LogP) is 2.29. The van der Waals surface area contributed by atoms with Gasteiger partial charge in [-0.2, -0.15) is 18.3 Å². The Bertz CT molecular complexity index is 2890. The minimum absolute atomic E-state index is 0.00561. The maximum absolute atomic E-state index is 13.3. The number of hydrogen-bond acceptors (Lipinski definition) is 16. The minimum atomic E-state index is -4.65. The van der Waals surface area contributed by atoms with Crippen molar-refractivity contribution >= 4 is 53.1 Å². The molecule has 0 aliphatic carbocycles. The molecule has 2 aliphatic heterocycles. The molecular formula is C46H46F3N11O12. The highest BCUT2D eigenvalue weighted by Gasteiger charge is 2.46. The van der Waals surface area contributed by atoms with Crippen molar-refractivity contribution in [2.75, 3.05) is 58.0 Å². The van der Waals surface area contributed by atoms with E-state index in [1.54, 1.807) is 0 Å². The Morgan fingerprint density at radius 2 is 1.56 bits per heavy atom. The number of amides is 8. The van der Waals surface area contributed by atoms with Crippen LogP contribution in [0.25, 0.3) is 28.3 Å². The first-order valence-electron chi connectivity index (χ1n) is 22.2. The zero-order valence-electron chi connectivity index (χ0n) is 38.0. The lowest BCUT2D eigenvalue weighted by Gasteiger charge is -2.27. The van der Waals surface area contributed by atoms with Crippen molar-refractivity contribution in [1.29, 1.82) is 0 Å². The molecule has 8 N–H and O–H groups in total. The lowest BCUT2D eigenvalue weighted by molar-refractivity contribution is -0.136. The first-order chi connectivity index (χ1) is 34.5. The fraction of sp³-hybridized carbons (Fsp3) is 0.326. The molecular weight excluding hydrogens is 956 g/mol. The van der Waals surface area contributed by atoms with Crippen LogP contribution in [0.2, 0.25) is 0 Å². The van der Waals surface area contributed by atoms with Gasteiger partial charge in [-0.15, -0.1) is 0 Å². The maximum atomic E-state index is 13.3. The van der Waals surface area contributed by atoms with Crippen LogP contribution in [0.3, 0.4) is 0 Å². The maximum Gasteiger partial charge on any atom is 0.405 e. The van der Waals surface area contributed by atoms with Gasteiger partial charge in [0.25, 0.3) is 35.4 Å². The van der Waals surface area contributed by atoms with Gasteiger partial charge < -0.3 is 46.0 Å². The molecule has 2 aliphatic rings. The van der Waals surface area contributed by atoms with Crippen molar-refractivity contribution in [1.82, 2.24) is 40.6 Å². The normalized spacial score (nSPS) is 14.5. The molecule has 1 atom stereocenters. The third-order valence-electron chi connectivity index (χ3n) is 11.0. The number of oxazole rings is 1. The van der Waals surface area contributed by atoms with Crippen LogP contribution in [0.4, 0.5) is 19.0 Å². The molecule has 1 fully saturated rings. The van der Waals surface area contributed by atoms with E-state index in [-0.39, 0.29) is 101 Å². The van der Waals surface area contributed by atoms with Gasteiger partial charge in [0, 0.05) is 61.8 Å². The number of fused-ring (bicyclic) bond motifs is 1. The molecule has 7 rings (SSSR count). The van der Waals surface area contributed by atoms with Gasteiger partial charge in [-0.1, -0.05) is 6.07 Å². The average molecular weight is 1000 g/mol. The van der Waals surface area contributed by atoms with E-state index >= 15 is 0 Å². The molecule has 5 aromatic rings. The Hall–Kier alpha value is -8.52. The van der Waals surface area contributed by atoms with Gasteiger partial charge in [-0.3, -0.25) is 48.6 Å². The number of imide groups is 2. The number of piperidine rings is 1. The van der Waals surface area contributed by atoms with E-state index in [1.807, 2.05) is 0 Å². The summed E-state index contributed by atoms with van der Waals surface area (Å²) in [4.78, 5) is 109. The number of carbonyl (C=O) groups excluding carboxylic acids is 8. The predicted molar refractivity (Wildman–Crippen MR) is 243 cm³/mol. The van der Waals surface area contributed by atoms with E-state index < -0.39 is 72.6 Å². The van der Waals surface area contributed by atoms with E-state index in [9.17, 15) is 51.5 Å². The van der Waals surface area contributed by atoms with Gasteiger partial charge in [0.1, 0.15) is 30.4 Å². The summed E-state index contributed by atoms with van der Waals surface area (Å²) in [5.74, 6) is -6.03. The Labute approximate surface area is 406 Å². The molecule has 72 heavy (non-hydrogen) atoms. The van der Waals surface area contributed by atoms with Crippen LogP contribution >= 0.6 is 0 Å². The second-order valence-electron chi connectivity index (χ2n) is 16.0. The first kappa shape index (κ1) is 51.3. The molecule has 5 heterocycles. The van der Waals surface area contributed by atoms with Crippen molar-refractivity contribution in [2.24, 2.45) is 11.5 Å². The van der Waals surface area contributed by atoms with Crippen LogP contribution < -0.4 is 37.5 Å². The van der Waals surface area contributed by atoms with Gasteiger partial charge >= 0.3 is 6.18 Å². The van der Waals surface area contributed by atoms with Crippen LogP contribution in [0.1, 0.15) is 84.2 Å². The third-order valence-corrected chi connectivity index (χ3v) is 11.0. The molecule has 0 saturated carbocycles. The number of unbranched alkanes of at least 4 members (excludes halogenated alkanes) is 2. The lowest BCUT2D eigenvalue weighted by Crippen LogP contribution is -2.54. The summed E-state index contributed by atoms with van der Waals surface area (Å²) in [6.45, 7) is -0.189. The fourth-order valence-electron chi connectivity index (χ4n) is 7.57. The topological polar surface area (TPSA) is 324 Å². The van der Waals surface area contributed by atoms with E-state index in [2.05, 4.69) is 36.3 Å². The Morgan fingerprint density at radius 1 is 0.833 bits per heavy atom. The number of aromatic nitrogens is 4. The number of alkyl halides is 3. The number of carbonyl (C=O) groups is 8. The molecule has 0 spiro atoms. The Morgan fingerprint density at radius 3 is 2.22 bits per heavy atom. The van der Waals surface area contributed by atoms with E-state index in [4.69, 9.17) is 30.1 Å². The van der Waals surface area contributed by atoms with Crippen molar-refractivity contribution in [3.05, 3.63) is 95.3 Å². The summed E-state index contributed by atoms with van der Waals surface area (Å²) in [5.41, 5.74) is 10.9. The molecule has 2 aromatic carbocycles. The van der Waals surface area contributed by atoms with Crippen molar-refractivity contribution in [3.8, 4) is 34.0 Å². The highest BCUT2D eigenvalue weighted by molar-refractivity contribution is 6.24. The SMILES string of the molecule is NC(=O)c1coc(-c2ccnc(NCC(F)(F)F)c2-c2cn(-c3ccc(C(=O)NCCOCCCCCOCCNC(=O)COc4cccc5c4C(=O)N(C4CCC(=O)NC4=O)C5=O)cc3)nc2C(N)=O)n1. The van der Waals surface area contributed by atoms with Crippen LogP contribution in [-0.2, 0) is 23.9 Å². The molecule has 0 bridgehead atoms. The smallest absolute Gasteiger partial charge is 0.405 e. The largest absolute Gasteiger partial charge is 0.483 e. The second kappa shape index (κ2) is 22.9. The standard InChI is InChI=1S/C46H46F3N11O12/c47-46(48,49)24-55-40-35(27(13-14-53-40)43-56-30(22-72-43)38(50)63)29-21-59(58-37(29)39(51)64)26-9-7-25(8-10-26)41(65)54-16-20-70-18-3-1-2-17-69-19-15-52-34(62)23-71-32-6-4-5-28-36(32)45(68)60(44(28)67)31-11-12-33(61)57-42(31)66/h4-10,13-14,21-22,31H,1-3,11-12,15-20,23-24H2,(H2,50,63)(H2,51,64)(H,52,62)(H,53,55)(H,54,65)(H,57,61,66). The zero-order valence-corrected chi connectivity index (χ0v) is 38.0. The average Bonchev–Trinajstić information content (AvgIpc) is 4.09. The number of nitrogens with two attached hydrogens (primary N) is 2. The van der Waals surface area contributed by atoms with Crippen molar-refractivity contribution < 1.29 is 70.2 Å². The quantitative estimate of drug-likeness (QED) is 0.0382. The summed E-state index contributed by atoms with van der Waals surface area (Å²) in [6, 6.07) is 10.6. The number of rotatable bonds is 24. The summed E-state index contributed by atoms with van der Waals surface area (Å²) in [5, 5.41) is 14.0. The highest BCUT2D eigenvalue weighted by Crippen LogP contribution is 2.39. The number of ether oxygens (including phenoxy) is 3. The molecule has 1 saturated heterocycles. The monoisotopic (exact) mass is 1000 g/mol. The number of halogens is 3. The summed E-state index contributed by atoms with van der Waals surface area (Å²) < 4.78 is 63.3. The van der Waals surface area contributed by atoms with E-state index in [0.717, 1.165) is 30.4 Å². The van der Waals surface area contributed by atoms with Gasteiger partial charge in [0.05, 0.1) is 35.6 Å². The third kappa shape index (κ3) is 12.4. The Balaban J connectivity index is 0.791. The van der Waals surface area contributed by atoms with Crippen LogP contribution in [0.15, 0.2) is 71.6 Å². The first-order valence-corrected chi connectivity index (χ1v) is 22.2. The fourth-order valence-corrected chi connectivity index (χ4v) is 7.57. The Kier molecular flexibility index (Phi) is 16.3. The highest BCUT2D eigenvalue weighted by atomic mass is 19.4.